The minimum Gasteiger partial charge on any atom is -0.481 e. The molecule has 0 aliphatic carbocycles. The van der Waals surface area contributed by atoms with Crippen molar-refractivity contribution in [1.82, 2.24) is 9.55 Å². The molecule has 4 aromatic carbocycles. The average molecular weight is 505 g/mol. The van der Waals surface area contributed by atoms with Gasteiger partial charge in [-0.05, 0) is 78.7 Å². The highest BCUT2D eigenvalue weighted by Gasteiger charge is 2.18. The third-order valence-electron chi connectivity index (χ3n) is 6.08. The molecule has 190 valence electrons. The monoisotopic (exact) mass is 504 g/mol. The van der Waals surface area contributed by atoms with Crippen LogP contribution in [0, 0.1) is 5.92 Å². The predicted octanol–water partition coefficient (Wildman–Crippen LogP) is 7.91. The molecule has 0 saturated carbocycles. The van der Waals surface area contributed by atoms with Crippen LogP contribution in [-0.2, 0) is 11.3 Å². The van der Waals surface area contributed by atoms with Crippen molar-refractivity contribution >= 4 is 5.97 Å². The summed E-state index contributed by atoms with van der Waals surface area (Å²) in [7, 11) is 0. The van der Waals surface area contributed by atoms with Crippen LogP contribution in [0.3, 0.4) is 0 Å². The molecule has 6 heteroatoms. The molecule has 0 aliphatic heterocycles. The van der Waals surface area contributed by atoms with E-state index in [4.69, 9.17) is 14.5 Å². The van der Waals surface area contributed by atoms with Gasteiger partial charge < -0.3 is 19.1 Å². The minimum absolute atomic E-state index is 0.0596. The normalized spacial score (nSPS) is 11.6. The van der Waals surface area contributed by atoms with Gasteiger partial charge in [-0.25, -0.2) is 4.98 Å². The number of hydrogen-bond acceptors (Lipinski definition) is 4. The largest absolute Gasteiger partial charge is 0.481 e. The highest BCUT2D eigenvalue weighted by atomic mass is 16.5. The lowest BCUT2D eigenvalue weighted by Gasteiger charge is -2.15. The lowest BCUT2D eigenvalue weighted by atomic mass is 10.0. The molecule has 1 heterocycles. The minimum atomic E-state index is -0.809. The Kier molecular flexibility index (Phi) is 7.50. The number of carbonyl (C=O) groups is 1. The third-order valence-corrected chi connectivity index (χ3v) is 6.08. The SMILES string of the molecule is CC(CC(=O)O)Cn1cnc(-c2ccc(Oc3ccccc3)cc2)c1-c1ccc(Oc2ccccc2)cc1. The van der Waals surface area contributed by atoms with Crippen LogP contribution in [0.2, 0.25) is 0 Å². The number of benzene rings is 4. The van der Waals surface area contributed by atoms with Gasteiger partial charge in [0.25, 0.3) is 0 Å². The summed E-state index contributed by atoms with van der Waals surface area (Å²) in [5.41, 5.74) is 3.64. The number of hydrogen-bond donors (Lipinski definition) is 1. The molecule has 0 fully saturated rings. The maximum atomic E-state index is 11.3. The maximum Gasteiger partial charge on any atom is 0.303 e. The number of aliphatic carboxylic acids is 1. The molecule has 0 radical (unpaired) electrons. The predicted molar refractivity (Wildman–Crippen MR) is 148 cm³/mol. The van der Waals surface area contributed by atoms with Gasteiger partial charge in [0.15, 0.2) is 0 Å². The number of aromatic nitrogens is 2. The average Bonchev–Trinajstić information content (AvgIpc) is 3.33. The molecule has 6 nitrogen and oxygen atoms in total. The van der Waals surface area contributed by atoms with Gasteiger partial charge in [-0.2, -0.15) is 0 Å². The summed E-state index contributed by atoms with van der Waals surface area (Å²) < 4.78 is 13.9. The number of ether oxygens (including phenoxy) is 2. The lowest BCUT2D eigenvalue weighted by molar-refractivity contribution is -0.138. The van der Waals surface area contributed by atoms with Crippen LogP contribution in [0.15, 0.2) is 116 Å². The van der Waals surface area contributed by atoms with E-state index in [0.717, 1.165) is 45.5 Å². The molecule has 0 bridgehead atoms. The van der Waals surface area contributed by atoms with Gasteiger partial charge in [0, 0.05) is 24.1 Å². The fourth-order valence-corrected chi connectivity index (χ4v) is 4.34. The molecule has 38 heavy (non-hydrogen) atoms. The van der Waals surface area contributed by atoms with E-state index in [1.807, 2.05) is 121 Å². The smallest absolute Gasteiger partial charge is 0.303 e. The molecule has 0 amide bonds. The summed E-state index contributed by atoms with van der Waals surface area (Å²) in [5, 5.41) is 9.26. The van der Waals surface area contributed by atoms with Crippen LogP contribution >= 0.6 is 0 Å². The molecule has 0 aliphatic rings. The number of para-hydroxylation sites is 2. The first-order valence-corrected chi connectivity index (χ1v) is 12.5. The second-order valence-electron chi connectivity index (χ2n) is 9.18. The maximum absolute atomic E-state index is 11.3. The van der Waals surface area contributed by atoms with E-state index in [1.165, 1.54) is 0 Å². The zero-order chi connectivity index (χ0) is 26.3. The summed E-state index contributed by atoms with van der Waals surface area (Å²) >= 11 is 0. The first-order valence-electron chi connectivity index (χ1n) is 12.5. The molecule has 1 aromatic heterocycles. The first-order chi connectivity index (χ1) is 18.5. The summed E-state index contributed by atoms with van der Waals surface area (Å²) in [6.07, 6.45) is 1.87. The van der Waals surface area contributed by atoms with Crippen LogP contribution in [-0.4, -0.2) is 20.6 Å². The number of carboxylic acids is 1. The Morgan fingerprint density at radius 1 is 0.737 bits per heavy atom. The van der Waals surface area contributed by atoms with Gasteiger partial charge in [-0.1, -0.05) is 43.3 Å². The van der Waals surface area contributed by atoms with E-state index in [1.54, 1.807) is 6.33 Å². The fraction of sp³-hybridized carbons (Fsp3) is 0.125. The first kappa shape index (κ1) is 24.8. The Labute approximate surface area is 221 Å². The molecular weight excluding hydrogens is 476 g/mol. The van der Waals surface area contributed by atoms with Gasteiger partial charge in [-0.3, -0.25) is 4.79 Å². The van der Waals surface area contributed by atoms with Crippen molar-refractivity contribution in [3.8, 4) is 45.5 Å². The topological polar surface area (TPSA) is 73.6 Å². The molecule has 1 N–H and O–H groups in total. The van der Waals surface area contributed by atoms with Crippen LogP contribution in [0.1, 0.15) is 13.3 Å². The Morgan fingerprint density at radius 3 is 1.71 bits per heavy atom. The molecule has 5 aromatic rings. The molecule has 5 rings (SSSR count). The van der Waals surface area contributed by atoms with E-state index < -0.39 is 5.97 Å². The number of imidazole rings is 1. The second kappa shape index (κ2) is 11.5. The summed E-state index contributed by atoms with van der Waals surface area (Å²) in [6, 6.07) is 35.0. The molecule has 0 saturated heterocycles. The van der Waals surface area contributed by atoms with Crippen molar-refractivity contribution in [3.05, 3.63) is 116 Å². The van der Waals surface area contributed by atoms with Crippen molar-refractivity contribution in [2.75, 3.05) is 0 Å². The van der Waals surface area contributed by atoms with Crippen LogP contribution in [0.5, 0.6) is 23.0 Å². The van der Waals surface area contributed by atoms with Gasteiger partial charge in [0.05, 0.1) is 17.7 Å². The second-order valence-corrected chi connectivity index (χ2v) is 9.18. The van der Waals surface area contributed by atoms with Crippen molar-refractivity contribution in [2.24, 2.45) is 5.92 Å². The molecule has 0 spiro atoms. The summed E-state index contributed by atoms with van der Waals surface area (Å²) in [4.78, 5) is 16.0. The third kappa shape index (κ3) is 6.10. The van der Waals surface area contributed by atoms with Gasteiger partial charge in [0.1, 0.15) is 23.0 Å². The highest BCUT2D eigenvalue weighted by molar-refractivity contribution is 5.79. The van der Waals surface area contributed by atoms with E-state index in [9.17, 15) is 9.90 Å². The van der Waals surface area contributed by atoms with Crippen molar-refractivity contribution < 1.29 is 19.4 Å². The zero-order valence-corrected chi connectivity index (χ0v) is 21.0. The Hall–Kier alpha value is -4.84. The van der Waals surface area contributed by atoms with Crippen molar-refractivity contribution in [3.63, 3.8) is 0 Å². The molecule has 1 atom stereocenters. The molecular formula is C32H28N2O4. The molecule has 1 unspecified atom stereocenters. The van der Waals surface area contributed by atoms with E-state index in [0.29, 0.717) is 6.54 Å². The highest BCUT2D eigenvalue weighted by Crippen LogP contribution is 2.35. The van der Waals surface area contributed by atoms with Crippen molar-refractivity contribution in [1.29, 1.82) is 0 Å². The van der Waals surface area contributed by atoms with Crippen LogP contribution in [0.4, 0.5) is 0 Å². The number of carboxylic acid groups (broad SMARTS) is 1. The summed E-state index contributed by atoms with van der Waals surface area (Å²) in [5.74, 6) is 2.14. The van der Waals surface area contributed by atoms with E-state index in [-0.39, 0.29) is 12.3 Å². The van der Waals surface area contributed by atoms with Crippen LogP contribution < -0.4 is 9.47 Å². The van der Waals surface area contributed by atoms with Gasteiger partial charge in [-0.15, -0.1) is 0 Å². The fourth-order valence-electron chi connectivity index (χ4n) is 4.34. The standard InChI is InChI=1S/C32H28N2O4/c1-23(20-30(35)36)21-34-22-33-31(24-12-16-28(17-13-24)37-26-8-4-2-5-9-26)32(34)25-14-18-29(19-15-25)38-27-10-6-3-7-11-27/h2-19,22-23H,20-21H2,1H3,(H,35,36). The van der Waals surface area contributed by atoms with Crippen molar-refractivity contribution in [2.45, 2.75) is 19.9 Å². The van der Waals surface area contributed by atoms with E-state index in [2.05, 4.69) is 0 Å². The Balaban J connectivity index is 1.45. The Bertz CT molecular complexity index is 1480. The summed E-state index contributed by atoms with van der Waals surface area (Å²) in [6.45, 7) is 2.47. The Morgan fingerprint density at radius 2 is 1.21 bits per heavy atom. The zero-order valence-electron chi connectivity index (χ0n) is 21.0. The van der Waals surface area contributed by atoms with E-state index >= 15 is 0 Å². The van der Waals surface area contributed by atoms with Gasteiger partial charge in [0.2, 0.25) is 0 Å². The quantitative estimate of drug-likeness (QED) is 0.209. The lowest BCUT2D eigenvalue weighted by Crippen LogP contribution is -2.12. The van der Waals surface area contributed by atoms with Gasteiger partial charge >= 0.3 is 5.97 Å². The van der Waals surface area contributed by atoms with Crippen LogP contribution in [0.25, 0.3) is 22.5 Å². The number of nitrogens with zero attached hydrogens (tertiary/aromatic N) is 2. The number of rotatable bonds is 10.